The molecule has 5 heteroatoms. The highest BCUT2D eigenvalue weighted by Crippen LogP contribution is 2.02. The van der Waals surface area contributed by atoms with Gasteiger partial charge in [-0.2, -0.15) is 0 Å². The average molecular weight is 186 g/mol. The fourth-order valence-corrected chi connectivity index (χ4v) is 0.511. The van der Waals surface area contributed by atoms with Gasteiger partial charge in [0.15, 0.2) is 17.3 Å². The van der Waals surface area contributed by atoms with Gasteiger partial charge in [-0.1, -0.05) is 0 Å². The van der Waals surface area contributed by atoms with Crippen LogP contribution in [0.1, 0.15) is 6.92 Å². The number of aliphatic hydroxyl groups is 2. The number of carbonyl (C=O) groups excluding carboxylic acids is 2. The van der Waals surface area contributed by atoms with Crippen LogP contribution < -0.4 is 0 Å². The van der Waals surface area contributed by atoms with E-state index < -0.39 is 23.3 Å². The topological polar surface area (TPSA) is 83.8 Å². The lowest BCUT2D eigenvalue weighted by Crippen LogP contribution is -1.99. The van der Waals surface area contributed by atoms with E-state index in [1.165, 1.54) is 6.92 Å². The Bertz CT molecular complexity index is 274. The molecule has 0 aromatic rings. The van der Waals surface area contributed by atoms with Crippen molar-refractivity contribution in [2.45, 2.75) is 6.92 Å². The third-order valence-electron chi connectivity index (χ3n) is 1.06. The minimum absolute atomic E-state index is 0.442. The van der Waals surface area contributed by atoms with Crippen molar-refractivity contribution in [3.63, 3.8) is 0 Å². The van der Waals surface area contributed by atoms with E-state index in [0.29, 0.717) is 6.08 Å². The van der Waals surface area contributed by atoms with Crippen LogP contribution in [-0.2, 0) is 14.3 Å². The predicted octanol–water partition coefficient (Wildman–Crippen LogP) is 0.632. The van der Waals surface area contributed by atoms with Gasteiger partial charge in [0, 0.05) is 6.08 Å². The van der Waals surface area contributed by atoms with Crippen molar-refractivity contribution in [1.29, 1.82) is 0 Å². The average Bonchev–Trinajstić information content (AvgIpc) is 2.02. The van der Waals surface area contributed by atoms with Gasteiger partial charge in [-0.25, -0.2) is 4.79 Å². The summed E-state index contributed by atoms with van der Waals surface area (Å²) in [5.74, 6) is -2.64. The van der Waals surface area contributed by atoms with E-state index in [2.05, 4.69) is 4.74 Å². The smallest absolute Gasteiger partial charge is 0.334 e. The first-order chi connectivity index (χ1) is 5.97. The van der Waals surface area contributed by atoms with Crippen molar-refractivity contribution in [1.82, 2.24) is 0 Å². The summed E-state index contributed by atoms with van der Waals surface area (Å²) in [6.45, 7) is 1.20. The van der Waals surface area contributed by atoms with E-state index in [-0.39, 0.29) is 0 Å². The Hall–Kier alpha value is -1.78. The number of methoxy groups -OCH3 is 1. The van der Waals surface area contributed by atoms with Gasteiger partial charge in [0.05, 0.1) is 13.2 Å². The van der Waals surface area contributed by atoms with Crippen LogP contribution in [0.4, 0.5) is 0 Å². The van der Waals surface area contributed by atoms with Gasteiger partial charge < -0.3 is 14.9 Å². The normalized spacial score (nSPS) is 12.5. The Morgan fingerprint density at radius 2 is 1.62 bits per heavy atom. The maximum absolute atomic E-state index is 10.5. The summed E-state index contributed by atoms with van der Waals surface area (Å²) in [6, 6.07) is 0. The molecule has 0 radical (unpaired) electrons. The highest BCUT2D eigenvalue weighted by Gasteiger charge is 2.04. The fourth-order valence-electron chi connectivity index (χ4n) is 0.511. The lowest BCUT2D eigenvalue weighted by atomic mass is 10.3. The van der Waals surface area contributed by atoms with Crippen molar-refractivity contribution in [2.24, 2.45) is 0 Å². The highest BCUT2D eigenvalue weighted by atomic mass is 16.5. The Morgan fingerprint density at radius 1 is 1.15 bits per heavy atom. The number of allylic oxidation sites excluding steroid dienone is 1. The molecule has 2 N–H and O–H groups in total. The van der Waals surface area contributed by atoms with Crippen molar-refractivity contribution < 1.29 is 24.5 Å². The summed E-state index contributed by atoms with van der Waals surface area (Å²) >= 11 is 0. The first-order valence-electron chi connectivity index (χ1n) is 3.37. The van der Waals surface area contributed by atoms with E-state index in [1.807, 2.05) is 0 Å². The third-order valence-corrected chi connectivity index (χ3v) is 1.06. The second kappa shape index (κ2) is 4.97. The Kier molecular flexibility index (Phi) is 4.29. The van der Waals surface area contributed by atoms with Crippen LogP contribution in [0.25, 0.3) is 0 Å². The molecule has 0 atom stereocenters. The lowest BCUT2D eigenvalue weighted by molar-refractivity contribution is -0.135. The molecule has 0 heterocycles. The zero-order valence-corrected chi connectivity index (χ0v) is 7.27. The molecule has 5 nitrogen and oxygen atoms in total. The van der Waals surface area contributed by atoms with Gasteiger partial charge in [0.2, 0.25) is 0 Å². The molecule has 0 unspecified atom stereocenters. The van der Waals surface area contributed by atoms with E-state index >= 15 is 0 Å². The SMILES string of the molecule is COC(=O)C=C(O)C(O)=CC(C)=O. The number of ether oxygens (including phenoxy) is 1. The molecule has 0 aromatic heterocycles. The lowest BCUT2D eigenvalue weighted by Gasteiger charge is -1.96. The molecule has 0 fully saturated rings. The Morgan fingerprint density at radius 3 is 2.00 bits per heavy atom. The Labute approximate surface area is 74.9 Å². The number of hydrogen-bond acceptors (Lipinski definition) is 5. The van der Waals surface area contributed by atoms with Gasteiger partial charge in [-0.05, 0) is 6.92 Å². The minimum Gasteiger partial charge on any atom is -0.504 e. The summed E-state index contributed by atoms with van der Waals surface area (Å²) in [4.78, 5) is 21.0. The molecule has 0 spiro atoms. The van der Waals surface area contributed by atoms with E-state index in [0.717, 1.165) is 13.2 Å². The molecule has 0 aliphatic rings. The molecule has 13 heavy (non-hydrogen) atoms. The van der Waals surface area contributed by atoms with Crippen molar-refractivity contribution in [3.05, 3.63) is 23.7 Å². The molecule has 0 aliphatic heterocycles. The molecular weight excluding hydrogens is 176 g/mol. The molecule has 72 valence electrons. The van der Waals surface area contributed by atoms with Crippen LogP contribution in [0.5, 0.6) is 0 Å². The number of rotatable bonds is 3. The summed E-state index contributed by atoms with van der Waals surface area (Å²) in [7, 11) is 1.12. The first kappa shape index (κ1) is 11.2. The van der Waals surface area contributed by atoms with Gasteiger partial charge in [-0.15, -0.1) is 0 Å². The predicted molar refractivity (Wildman–Crippen MR) is 44.1 cm³/mol. The zero-order valence-electron chi connectivity index (χ0n) is 7.27. The molecule has 0 aliphatic carbocycles. The van der Waals surface area contributed by atoms with Gasteiger partial charge >= 0.3 is 5.97 Å². The molecule has 0 aromatic carbocycles. The highest BCUT2D eigenvalue weighted by molar-refractivity contribution is 5.89. The van der Waals surface area contributed by atoms with Gasteiger partial charge in [0.1, 0.15) is 0 Å². The van der Waals surface area contributed by atoms with Crippen molar-refractivity contribution in [2.75, 3.05) is 7.11 Å². The maximum Gasteiger partial charge on any atom is 0.334 e. The Balaban J connectivity index is 4.59. The second-order valence-electron chi connectivity index (χ2n) is 2.19. The molecule has 0 saturated carbocycles. The minimum atomic E-state index is -0.819. The first-order valence-corrected chi connectivity index (χ1v) is 3.37. The molecular formula is C8H10O5. The molecule has 0 bridgehead atoms. The van der Waals surface area contributed by atoms with Crippen LogP contribution in [0.2, 0.25) is 0 Å². The standard InChI is InChI=1S/C8H10O5/c1-5(9)3-6(10)7(11)4-8(12)13-2/h3-4,10-11H,1-2H3. The van der Waals surface area contributed by atoms with Crippen LogP contribution in [-0.4, -0.2) is 29.1 Å². The summed E-state index contributed by atoms with van der Waals surface area (Å²) in [6.07, 6.45) is 1.45. The zero-order chi connectivity index (χ0) is 10.4. The summed E-state index contributed by atoms with van der Waals surface area (Å²) < 4.78 is 4.18. The number of ketones is 1. The molecule has 0 saturated heterocycles. The maximum atomic E-state index is 10.5. The quantitative estimate of drug-likeness (QED) is 0.292. The molecule has 0 amide bonds. The number of aliphatic hydroxyl groups excluding tert-OH is 2. The monoisotopic (exact) mass is 186 g/mol. The number of hydrogen-bond donors (Lipinski definition) is 2. The van der Waals surface area contributed by atoms with E-state index in [9.17, 15) is 9.59 Å². The van der Waals surface area contributed by atoms with Crippen LogP contribution >= 0.6 is 0 Å². The largest absolute Gasteiger partial charge is 0.504 e. The number of carbonyl (C=O) groups is 2. The number of esters is 1. The van der Waals surface area contributed by atoms with Crippen LogP contribution in [0.15, 0.2) is 23.7 Å². The summed E-state index contributed by atoms with van der Waals surface area (Å²) in [5, 5.41) is 17.9. The van der Waals surface area contributed by atoms with Crippen molar-refractivity contribution >= 4 is 11.8 Å². The van der Waals surface area contributed by atoms with Crippen molar-refractivity contribution in [3.8, 4) is 0 Å². The fraction of sp³-hybridized carbons (Fsp3) is 0.250. The van der Waals surface area contributed by atoms with Crippen LogP contribution in [0.3, 0.4) is 0 Å². The second-order valence-corrected chi connectivity index (χ2v) is 2.19. The molecule has 0 rings (SSSR count). The van der Waals surface area contributed by atoms with Gasteiger partial charge in [0.25, 0.3) is 0 Å². The van der Waals surface area contributed by atoms with Crippen LogP contribution in [0, 0.1) is 0 Å². The third kappa shape index (κ3) is 4.62. The van der Waals surface area contributed by atoms with E-state index in [1.54, 1.807) is 0 Å². The van der Waals surface area contributed by atoms with E-state index in [4.69, 9.17) is 10.2 Å². The summed E-state index contributed by atoms with van der Waals surface area (Å²) in [5.41, 5.74) is 0. The van der Waals surface area contributed by atoms with Gasteiger partial charge in [-0.3, -0.25) is 4.79 Å².